The molecule has 0 saturated carbocycles. The second-order valence-electron chi connectivity index (χ2n) is 10.3. The summed E-state index contributed by atoms with van der Waals surface area (Å²) in [6, 6.07) is 11.5. The van der Waals surface area contributed by atoms with Gasteiger partial charge in [0.05, 0.1) is 47.5 Å². The van der Waals surface area contributed by atoms with E-state index in [1.54, 1.807) is 42.5 Å². The fraction of sp³-hybridized carbons (Fsp3) is 0.241. The lowest BCUT2D eigenvalue weighted by Gasteiger charge is -2.25. The number of nitrogens with one attached hydrogen (secondary N) is 1. The lowest BCUT2D eigenvalue weighted by molar-refractivity contribution is -0.120. The topological polar surface area (TPSA) is 137 Å². The van der Waals surface area contributed by atoms with Crippen molar-refractivity contribution in [1.82, 2.24) is 19.3 Å². The minimum Gasteiger partial charge on any atom is -0.388 e. The summed E-state index contributed by atoms with van der Waals surface area (Å²) in [5.41, 5.74) is 6.83. The van der Waals surface area contributed by atoms with Gasteiger partial charge in [0.15, 0.2) is 0 Å². The van der Waals surface area contributed by atoms with E-state index in [4.69, 9.17) is 34.8 Å². The predicted molar refractivity (Wildman–Crippen MR) is 163 cm³/mol. The van der Waals surface area contributed by atoms with Crippen LogP contribution in [0.15, 0.2) is 77.2 Å². The summed E-state index contributed by atoms with van der Waals surface area (Å²) >= 11 is 12.0. The van der Waals surface area contributed by atoms with Crippen LogP contribution in [0.2, 0.25) is 5.02 Å². The summed E-state index contributed by atoms with van der Waals surface area (Å²) in [5, 5.41) is 7.79. The summed E-state index contributed by atoms with van der Waals surface area (Å²) in [6.07, 6.45) is 1.80. The van der Waals surface area contributed by atoms with Gasteiger partial charge in [-0.3, -0.25) is 19.2 Å². The summed E-state index contributed by atoms with van der Waals surface area (Å²) in [5.74, 6) is 4.74. The fourth-order valence-electron chi connectivity index (χ4n) is 5.21. The molecule has 1 amide bonds. The third kappa shape index (κ3) is 6.44. The smallest absolute Gasteiger partial charge is 0.333 e. The first-order valence-corrected chi connectivity index (χ1v) is 14.1. The Balaban J connectivity index is 1.63. The number of amides is 1. The molecule has 0 aliphatic carbocycles. The van der Waals surface area contributed by atoms with Gasteiger partial charge in [-0.05, 0) is 36.2 Å². The molecule has 4 aromatic rings. The largest absolute Gasteiger partial charge is 0.388 e. The van der Waals surface area contributed by atoms with Gasteiger partial charge in [0.2, 0.25) is 5.91 Å². The Labute approximate surface area is 259 Å². The average Bonchev–Trinajstić information content (AvgIpc) is 3.39. The Kier molecular flexibility index (Phi) is 9.00. The number of carbonyl (C=O) groups is 1. The maximum atomic E-state index is 15.6. The molecule has 0 fully saturated rings. The van der Waals surface area contributed by atoms with Gasteiger partial charge in [0.25, 0.3) is 5.56 Å². The summed E-state index contributed by atoms with van der Waals surface area (Å²) in [6.45, 7) is -1.45. The van der Waals surface area contributed by atoms with Crippen molar-refractivity contribution in [3.63, 3.8) is 0 Å². The maximum Gasteiger partial charge on any atom is 0.333 e. The molecule has 0 spiro atoms. The highest BCUT2D eigenvalue weighted by Gasteiger charge is 2.29. The van der Waals surface area contributed by atoms with Crippen LogP contribution in [-0.2, 0) is 4.79 Å². The van der Waals surface area contributed by atoms with Crippen molar-refractivity contribution in [2.75, 3.05) is 10.3 Å². The molecule has 3 unspecified atom stereocenters. The van der Waals surface area contributed by atoms with E-state index in [9.17, 15) is 18.4 Å². The molecule has 230 valence electrons. The average molecular weight is 647 g/mol. The van der Waals surface area contributed by atoms with E-state index in [1.165, 1.54) is 30.1 Å². The molecule has 10 nitrogen and oxygen atoms in total. The number of anilines is 2. The first-order chi connectivity index (χ1) is 20.9. The number of nitrogens with zero attached hydrogens (tertiary/aromatic N) is 5. The number of halogens is 5. The number of rotatable bonds is 5. The predicted octanol–water partition coefficient (Wildman–Crippen LogP) is 5.79. The van der Waals surface area contributed by atoms with Gasteiger partial charge in [0.1, 0.15) is 11.3 Å². The van der Waals surface area contributed by atoms with E-state index in [1.807, 2.05) is 0 Å². The number of hydrazine groups is 1. The second-order valence-corrected chi connectivity index (χ2v) is 11.2. The van der Waals surface area contributed by atoms with Crippen LogP contribution < -0.4 is 27.5 Å². The van der Waals surface area contributed by atoms with E-state index in [-0.39, 0.29) is 35.1 Å². The molecular weight excluding hydrogens is 620 g/mol. The van der Waals surface area contributed by atoms with Gasteiger partial charge in [-0.15, -0.1) is 0 Å². The molecule has 3 atom stereocenters. The van der Waals surface area contributed by atoms with Crippen molar-refractivity contribution in [2.45, 2.75) is 38.5 Å². The van der Waals surface area contributed by atoms with E-state index < -0.39 is 36.1 Å². The first kappa shape index (κ1) is 31.1. The van der Waals surface area contributed by atoms with Gasteiger partial charge in [0, 0.05) is 34.6 Å². The second kappa shape index (κ2) is 12.7. The molecule has 0 saturated heterocycles. The van der Waals surface area contributed by atoms with Crippen molar-refractivity contribution in [2.24, 2.45) is 17.5 Å². The minimum atomic E-state index is -2.99. The third-order valence-corrected chi connectivity index (χ3v) is 7.60. The lowest BCUT2D eigenvalue weighted by Crippen LogP contribution is -2.30. The van der Waals surface area contributed by atoms with Gasteiger partial charge >= 0.3 is 6.55 Å². The van der Waals surface area contributed by atoms with Crippen LogP contribution in [0.1, 0.15) is 37.9 Å². The van der Waals surface area contributed by atoms with Crippen LogP contribution in [-0.4, -0.2) is 31.4 Å². The highest BCUT2D eigenvalue weighted by Crippen LogP contribution is 2.36. The summed E-state index contributed by atoms with van der Waals surface area (Å²) in [7, 11) is 0. The Hall–Kier alpha value is -4.33. The molecule has 0 radical (unpaired) electrons. The molecule has 3 heterocycles. The van der Waals surface area contributed by atoms with Crippen LogP contribution in [0, 0.1) is 5.92 Å². The van der Waals surface area contributed by atoms with Gasteiger partial charge in [-0.2, -0.15) is 13.9 Å². The lowest BCUT2D eigenvalue weighted by atomic mass is 9.93. The highest BCUT2D eigenvalue weighted by atomic mass is 35.5. The number of nitrogens with two attached hydrogens (primary N) is 2. The van der Waals surface area contributed by atoms with E-state index in [0.29, 0.717) is 32.1 Å². The summed E-state index contributed by atoms with van der Waals surface area (Å²) < 4.78 is 45.2. The van der Waals surface area contributed by atoms with Crippen LogP contribution in [0.3, 0.4) is 0 Å². The molecule has 5 N–H and O–H groups in total. The molecule has 44 heavy (non-hydrogen) atoms. The Morgan fingerprint density at radius 2 is 1.95 bits per heavy atom. The minimum absolute atomic E-state index is 0.0224. The molecule has 2 bridgehead atoms. The van der Waals surface area contributed by atoms with E-state index in [0.717, 1.165) is 11.2 Å². The van der Waals surface area contributed by atoms with Crippen LogP contribution in [0.25, 0.3) is 22.5 Å². The highest BCUT2D eigenvalue weighted by molar-refractivity contribution is 6.31. The van der Waals surface area contributed by atoms with Gasteiger partial charge < -0.3 is 11.1 Å². The molecule has 5 rings (SSSR count). The van der Waals surface area contributed by atoms with Crippen molar-refractivity contribution < 1.29 is 18.0 Å². The number of carbonyl (C=O) groups excluding carboxylic acids is 1. The van der Waals surface area contributed by atoms with Crippen molar-refractivity contribution >= 4 is 40.5 Å². The number of fused-ring (bicyclic) bond motifs is 4. The van der Waals surface area contributed by atoms with Crippen LogP contribution >= 0.6 is 23.2 Å². The third-order valence-electron chi connectivity index (χ3n) is 7.27. The zero-order valence-electron chi connectivity index (χ0n) is 23.2. The molecule has 1 aliphatic rings. The number of benzene rings is 2. The normalized spacial score (nSPS) is 19.1. The van der Waals surface area contributed by atoms with Crippen LogP contribution in [0.5, 0.6) is 0 Å². The number of aromatic nitrogens is 4. The fourth-order valence-corrected chi connectivity index (χ4v) is 5.49. The quantitative estimate of drug-likeness (QED) is 0.142. The van der Waals surface area contributed by atoms with E-state index >= 15 is 4.39 Å². The Bertz CT molecular complexity index is 1790. The Morgan fingerprint density at radius 3 is 2.66 bits per heavy atom. The first-order valence-electron chi connectivity index (χ1n) is 13.4. The van der Waals surface area contributed by atoms with Crippen LogP contribution in [0.4, 0.5) is 24.5 Å². The number of hydrogen-bond acceptors (Lipinski definition) is 7. The number of hydrogen-bond donors (Lipinski definition) is 3. The molecule has 2 aromatic heterocycles. The zero-order valence-corrected chi connectivity index (χ0v) is 24.7. The van der Waals surface area contributed by atoms with Gasteiger partial charge in [-0.25, -0.2) is 19.9 Å². The van der Waals surface area contributed by atoms with Crippen molar-refractivity contribution in [3.8, 4) is 22.5 Å². The summed E-state index contributed by atoms with van der Waals surface area (Å²) in [4.78, 5) is 31.0. The molecule has 15 heteroatoms. The number of alkyl halides is 3. The van der Waals surface area contributed by atoms with Crippen molar-refractivity contribution in [1.29, 1.82) is 0 Å². The maximum absolute atomic E-state index is 15.6. The van der Waals surface area contributed by atoms with Gasteiger partial charge in [-0.1, -0.05) is 48.3 Å². The van der Waals surface area contributed by atoms with Crippen molar-refractivity contribution in [3.05, 3.63) is 93.4 Å². The molecule has 1 aliphatic heterocycles. The standard InChI is InChI=1S/C29H27Cl2F3N8O2/c1-15-7-19(32)10-24(16-3-2-4-17(8-16)27-22(39-28(15)44)12-38-42(27)29(33)34)40-14-37-21(11-26(40)43)20-9-18(30)5-6-23(20)41(36)13-25(31)35/h2-6,8-9,11-15,19,24,29H,7,10,35-36H2,1H3,(H,39,44)/b25-13-. The molecular formula is C29H27Cl2F3N8O2. The zero-order chi connectivity index (χ0) is 31.7. The van der Waals surface area contributed by atoms with E-state index in [2.05, 4.69) is 15.4 Å². The monoisotopic (exact) mass is 646 g/mol. The Morgan fingerprint density at radius 1 is 1.18 bits per heavy atom. The SMILES string of the molecule is CC1CC(F)CC(n2cnc(-c3cc(Cl)ccc3N(N)/C=C(\N)Cl)cc2=O)c2cccc(c2)-c2c(cnn2C(F)F)NC1=O. The molecule has 2 aromatic carbocycles.